The molecule has 7 heteroatoms. The van der Waals surface area contributed by atoms with Crippen LogP contribution in [0.25, 0.3) is 10.2 Å². The maximum atomic E-state index is 13.3. The second-order valence-corrected chi connectivity index (χ2v) is 8.10. The highest BCUT2D eigenvalue weighted by Gasteiger charge is 2.23. The Bertz CT molecular complexity index is 942. The van der Waals surface area contributed by atoms with E-state index in [1.807, 2.05) is 57.4 Å². The number of carbonyl (C=O) groups is 1. The fourth-order valence-electron chi connectivity index (χ4n) is 3.07. The number of hydrogen-bond donors (Lipinski definition) is 0. The molecule has 1 aromatic heterocycles. The van der Waals surface area contributed by atoms with Gasteiger partial charge in [-0.05, 0) is 58.3 Å². The zero-order valence-corrected chi connectivity index (χ0v) is 18.4. The molecule has 0 saturated carbocycles. The van der Waals surface area contributed by atoms with Crippen molar-refractivity contribution in [1.29, 1.82) is 0 Å². The number of carbonyl (C=O) groups excluding carboxylic acids is 1. The molecule has 6 nitrogen and oxygen atoms in total. The number of ether oxygens (including phenoxy) is 2. The molecule has 0 fully saturated rings. The Labute approximate surface area is 175 Å². The van der Waals surface area contributed by atoms with E-state index in [1.165, 1.54) is 11.3 Å². The topological polar surface area (TPSA) is 54.9 Å². The summed E-state index contributed by atoms with van der Waals surface area (Å²) >= 11 is 1.45. The quantitative estimate of drug-likeness (QED) is 0.553. The number of amides is 1. The number of nitrogens with zero attached hydrogens (tertiary/aromatic N) is 3. The molecule has 3 aromatic rings. The van der Waals surface area contributed by atoms with Crippen LogP contribution >= 0.6 is 11.3 Å². The third-order valence-electron chi connectivity index (χ3n) is 4.66. The van der Waals surface area contributed by atoms with E-state index in [4.69, 9.17) is 14.5 Å². The van der Waals surface area contributed by atoms with Gasteiger partial charge in [0.2, 0.25) is 0 Å². The highest BCUT2D eigenvalue weighted by molar-refractivity contribution is 7.22. The SMILES string of the molecule is COc1ccc(OC)c2sc(N(CCCN(C)C)C(=O)c3ccc(C)cc3)nc12. The molecule has 0 aliphatic rings. The average molecular weight is 414 g/mol. The minimum Gasteiger partial charge on any atom is -0.495 e. The van der Waals surface area contributed by atoms with Gasteiger partial charge < -0.3 is 14.4 Å². The molecule has 154 valence electrons. The minimum atomic E-state index is -0.0549. The molecule has 0 unspecified atom stereocenters. The first-order chi connectivity index (χ1) is 13.9. The van der Waals surface area contributed by atoms with E-state index < -0.39 is 0 Å². The van der Waals surface area contributed by atoms with Crippen LogP contribution in [0.4, 0.5) is 5.13 Å². The molecule has 0 spiro atoms. The van der Waals surface area contributed by atoms with Crippen molar-refractivity contribution in [3.8, 4) is 11.5 Å². The third kappa shape index (κ3) is 4.68. The molecule has 3 rings (SSSR count). The molecule has 0 radical (unpaired) electrons. The summed E-state index contributed by atoms with van der Waals surface area (Å²) in [5, 5.41) is 0.645. The number of thiazole rings is 1. The van der Waals surface area contributed by atoms with Gasteiger partial charge in [-0.25, -0.2) is 4.98 Å². The predicted octanol–water partition coefficient (Wildman–Crippen LogP) is 4.22. The van der Waals surface area contributed by atoms with Gasteiger partial charge in [0.1, 0.15) is 21.7 Å². The van der Waals surface area contributed by atoms with Gasteiger partial charge in [-0.1, -0.05) is 29.0 Å². The van der Waals surface area contributed by atoms with Crippen LogP contribution < -0.4 is 14.4 Å². The Morgan fingerprint density at radius 3 is 2.28 bits per heavy atom. The number of fused-ring (bicyclic) bond motifs is 1. The molecule has 0 aliphatic heterocycles. The lowest BCUT2D eigenvalue weighted by Gasteiger charge is -2.21. The van der Waals surface area contributed by atoms with Crippen molar-refractivity contribution < 1.29 is 14.3 Å². The predicted molar refractivity (Wildman–Crippen MR) is 119 cm³/mol. The van der Waals surface area contributed by atoms with Crippen LogP contribution in [0.2, 0.25) is 0 Å². The summed E-state index contributed by atoms with van der Waals surface area (Å²) in [5.74, 6) is 1.33. The molecule has 0 aliphatic carbocycles. The fraction of sp³-hybridized carbons (Fsp3) is 0.364. The Morgan fingerprint density at radius 2 is 1.66 bits per heavy atom. The Hall–Kier alpha value is -2.64. The van der Waals surface area contributed by atoms with Crippen molar-refractivity contribution in [3.63, 3.8) is 0 Å². The maximum Gasteiger partial charge on any atom is 0.260 e. The Morgan fingerprint density at radius 1 is 1.00 bits per heavy atom. The number of aromatic nitrogens is 1. The fourth-order valence-corrected chi connectivity index (χ4v) is 4.17. The molecule has 0 bridgehead atoms. The van der Waals surface area contributed by atoms with Gasteiger partial charge in [-0.2, -0.15) is 0 Å². The van der Waals surface area contributed by atoms with Crippen molar-refractivity contribution in [2.24, 2.45) is 0 Å². The lowest BCUT2D eigenvalue weighted by atomic mass is 10.1. The van der Waals surface area contributed by atoms with Gasteiger partial charge in [0.05, 0.1) is 14.2 Å². The summed E-state index contributed by atoms with van der Waals surface area (Å²) in [4.78, 5) is 22.0. The van der Waals surface area contributed by atoms with Gasteiger partial charge in [0.15, 0.2) is 5.13 Å². The summed E-state index contributed by atoms with van der Waals surface area (Å²) in [6.45, 7) is 3.47. The molecule has 1 amide bonds. The van der Waals surface area contributed by atoms with Crippen LogP contribution in [0.15, 0.2) is 36.4 Å². The van der Waals surface area contributed by atoms with E-state index >= 15 is 0 Å². The molecule has 29 heavy (non-hydrogen) atoms. The largest absolute Gasteiger partial charge is 0.495 e. The van der Waals surface area contributed by atoms with Gasteiger partial charge in [0.25, 0.3) is 5.91 Å². The lowest BCUT2D eigenvalue weighted by Crippen LogP contribution is -2.33. The van der Waals surface area contributed by atoms with Crippen molar-refractivity contribution in [1.82, 2.24) is 9.88 Å². The van der Waals surface area contributed by atoms with Crippen LogP contribution in [-0.4, -0.2) is 57.2 Å². The van der Waals surface area contributed by atoms with Gasteiger partial charge in [0, 0.05) is 12.1 Å². The van der Waals surface area contributed by atoms with Crippen LogP contribution in [0, 0.1) is 6.92 Å². The van der Waals surface area contributed by atoms with Crippen molar-refractivity contribution in [3.05, 3.63) is 47.5 Å². The summed E-state index contributed by atoms with van der Waals surface area (Å²) < 4.78 is 11.8. The zero-order chi connectivity index (χ0) is 21.0. The summed E-state index contributed by atoms with van der Waals surface area (Å²) in [7, 11) is 7.30. The highest BCUT2D eigenvalue weighted by Crippen LogP contribution is 2.40. The molecular weight excluding hydrogens is 386 g/mol. The highest BCUT2D eigenvalue weighted by atomic mass is 32.1. The van der Waals surface area contributed by atoms with Gasteiger partial charge >= 0.3 is 0 Å². The normalized spacial score (nSPS) is 11.1. The standard InChI is InChI=1S/C22H27N3O3S/c1-15-7-9-16(10-8-15)21(26)25(14-6-13-24(2)3)22-23-19-17(27-4)11-12-18(28-5)20(19)29-22/h7-12H,6,13-14H2,1-5H3. The second-order valence-electron chi connectivity index (χ2n) is 7.12. The van der Waals surface area contributed by atoms with Crippen LogP contribution in [0.5, 0.6) is 11.5 Å². The smallest absolute Gasteiger partial charge is 0.260 e. The average Bonchev–Trinajstić information content (AvgIpc) is 3.15. The number of hydrogen-bond acceptors (Lipinski definition) is 6. The number of benzene rings is 2. The third-order valence-corrected chi connectivity index (χ3v) is 5.75. The van der Waals surface area contributed by atoms with Gasteiger partial charge in [-0.3, -0.25) is 9.69 Å². The summed E-state index contributed by atoms with van der Waals surface area (Å²) in [6, 6.07) is 11.3. The van der Waals surface area contributed by atoms with E-state index in [1.54, 1.807) is 19.1 Å². The molecule has 0 saturated heterocycles. The van der Waals surface area contributed by atoms with E-state index in [2.05, 4.69) is 4.90 Å². The zero-order valence-electron chi connectivity index (χ0n) is 17.6. The van der Waals surface area contributed by atoms with Crippen LogP contribution in [-0.2, 0) is 0 Å². The second kappa shape index (κ2) is 9.24. The van der Waals surface area contributed by atoms with Crippen molar-refractivity contribution >= 4 is 32.6 Å². The first-order valence-electron chi connectivity index (χ1n) is 9.49. The number of aryl methyl sites for hydroxylation is 1. The Kier molecular flexibility index (Phi) is 6.71. The van der Waals surface area contributed by atoms with Crippen molar-refractivity contribution in [2.45, 2.75) is 13.3 Å². The Balaban J connectivity index is 2.02. The maximum absolute atomic E-state index is 13.3. The van der Waals surface area contributed by atoms with E-state index in [0.717, 1.165) is 29.0 Å². The van der Waals surface area contributed by atoms with E-state index in [0.29, 0.717) is 28.5 Å². The monoisotopic (exact) mass is 413 g/mol. The number of methoxy groups -OCH3 is 2. The molecule has 0 N–H and O–H groups in total. The van der Waals surface area contributed by atoms with Gasteiger partial charge in [-0.15, -0.1) is 0 Å². The van der Waals surface area contributed by atoms with E-state index in [-0.39, 0.29) is 5.91 Å². The molecule has 1 heterocycles. The minimum absolute atomic E-state index is 0.0549. The molecule has 0 atom stereocenters. The number of anilines is 1. The molecule has 2 aromatic carbocycles. The van der Waals surface area contributed by atoms with E-state index in [9.17, 15) is 4.79 Å². The lowest BCUT2D eigenvalue weighted by molar-refractivity contribution is 0.0986. The summed E-state index contributed by atoms with van der Waals surface area (Å²) in [5.41, 5.74) is 2.48. The molecular formula is C22H27N3O3S. The van der Waals surface area contributed by atoms with Crippen LogP contribution in [0.1, 0.15) is 22.3 Å². The number of rotatable bonds is 8. The van der Waals surface area contributed by atoms with Crippen molar-refractivity contribution in [2.75, 3.05) is 46.3 Å². The summed E-state index contributed by atoms with van der Waals surface area (Å²) in [6.07, 6.45) is 0.842. The first kappa shape index (κ1) is 21.1. The van der Waals surface area contributed by atoms with Crippen LogP contribution in [0.3, 0.4) is 0 Å². The first-order valence-corrected chi connectivity index (χ1v) is 10.3.